The predicted octanol–water partition coefficient (Wildman–Crippen LogP) is 3.68. The van der Waals surface area contributed by atoms with Gasteiger partial charge < -0.3 is 15.1 Å². The van der Waals surface area contributed by atoms with Crippen molar-refractivity contribution in [3.63, 3.8) is 0 Å². The average molecular weight is 424 g/mol. The zero-order valence-corrected chi connectivity index (χ0v) is 16.9. The Kier molecular flexibility index (Phi) is 5.73. The van der Waals surface area contributed by atoms with Crippen LogP contribution in [0.25, 0.3) is 17.0 Å². The van der Waals surface area contributed by atoms with Gasteiger partial charge in [0.15, 0.2) is 5.58 Å². The van der Waals surface area contributed by atoms with Gasteiger partial charge in [0.2, 0.25) is 0 Å². The highest BCUT2D eigenvalue weighted by Gasteiger charge is 2.23. The SMILES string of the molecule is O=C1NC(=S)S/C1=C/c1cc2cncc(C(=O)NCCCc3ccccc3)c2o1. The number of carbonyl (C=O) groups excluding carboxylic acids is 2. The van der Waals surface area contributed by atoms with Crippen LogP contribution in [0.5, 0.6) is 0 Å². The number of thioether (sulfide) groups is 1. The van der Waals surface area contributed by atoms with E-state index < -0.39 is 0 Å². The third kappa shape index (κ3) is 4.55. The lowest BCUT2D eigenvalue weighted by Gasteiger charge is -2.05. The summed E-state index contributed by atoms with van der Waals surface area (Å²) in [4.78, 5) is 29.0. The van der Waals surface area contributed by atoms with E-state index in [0.29, 0.717) is 38.1 Å². The van der Waals surface area contributed by atoms with Crippen molar-refractivity contribution in [1.29, 1.82) is 0 Å². The van der Waals surface area contributed by atoms with E-state index in [4.69, 9.17) is 16.6 Å². The molecule has 8 heteroatoms. The fourth-order valence-corrected chi connectivity index (χ4v) is 4.02. The van der Waals surface area contributed by atoms with Crippen molar-refractivity contribution in [2.24, 2.45) is 0 Å². The summed E-state index contributed by atoms with van der Waals surface area (Å²) in [6.07, 6.45) is 6.45. The van der Waals surface area contributed by atoms with Crippen LogP contribution in [-0.4, -0.2) is 27.7 Å². The Hall–Kier alpha value is -2.97. The number of hydrogen-bond acceptors (Lipinski definition) is 6. The molecular weight excluding hydrogens is 406 g/mol. The van der Waals surface area contributed by atoms with Crippen LogP contribution < -0.4 is 10.6 Å². The smallest absolute Gasteiger partial charge is 0.263 e. The summed E-state index contributed by atoms with van der Waals surface area (Å²) in [5, 5.41) is 6.17. The third-order valence-corrected chi connectivity index (χ3v) is 5.54. The maximum Gasteiger partial charge on any atom is 0.263 e. The number of nitrogens with zero attached hydrogens (tertiary/aromatic N) is 1. The number of fused-ring (bicyclic) bond motifs is 1. The molecular formula is C21H17N3O3S2. The molecule has 2 aromatic heterocycles. The number of rotatable bonds is 6. The van der Waals surface area contributed by atoms with Crippen molar-refractivity contribution in [3.05, 3.63) is 70.6 Å². The Morgan fingerprint density at radius 2 is 2.10 bits per heavy atom. The number of amides is 2. The predicted molar refractivity (Wildman–Crippen MR) is 117 cm³/mol. The number of pyridine rings is 1. The summed E-state index contributed by atoms with van der Waals surface area (Å²) in [5.74, 6) is -0.0256. The molecule has 0 bridgehead atoms. The van der Waals surface area contributed by atoms with Crippen molar-refractivity contribution in [1.82, 2.24) is 15.6 Å². The van der Waals surface area contributed by atoms with E-state index in [1.54, 1.807) is 18.3 Å². The number of nitrogens with one attached hydrogen (secondary N) is 2. The highest BCUT2D eigenvalue weighted by atomic mass is 32.2. The molecule has 2 N–H and O–H groups in total. The number of carbonyl (C=O) groups is 2. The molecule has 0 aliphatic carbocycles. The van der Waals surface area contributed by atoms with Gasteiger partial charge in [-0.3, -0.25) is 14.6 Å². The summed E-state index contributed by atoms with van der Waals surface area (Å²) in [5.41, 5.74) is 2.05. The van der Waals surface area contributed by atoms with Crippen LogP contribution in [0.3, 0.4) is 0 Å². The largest absolute Gasteiger partial charge is 0.456 e. The third-order valence-electron chi connectivity index (χ3n) is 4.37. The first-order chi connectivity index (χ1) is 14.1. The lowest BCUT2D eigenvalue weighted by atomic mass is 10.1. The standard InChI is InChI=1S/C21H17N3O3S2/c25-19(23-8-4-7-13-5-2-1-3-6-13)16-12-22-11-14-9-15(27-18(14)16)10-17-20(26)24-21(28)29-17/h1-3,5-6,9-12H,4,7-8H2,(H,23,25)(H,24,26,28)/b17-10+. The van der Waals surface area contributed by atoms with Crippen molar-refractivity contribution >= 4 is 57.2 Å². The molecule has 1 aliphatic rings. The van der Waals surface area contributed by atoms with Gasteiger partial charge in [-0.15, -0.1) is 0 Å². The van der Waals surface area contributed by atoms with Gasteiger partial charge >= 0.3 is 0 Å². The van der Waals surface area contributed by atoms with Crippen LogP contribution in [0.15, 0.2) is 58.1 Å². The van der Waals surface area contributed by atoms with Crippen LogP contribution in [0.2, 0.25) is 0 Å². The van der Waals surface area contributed by atoms with Crippen molar-refractivity contribution in [2.45, 2.75) is 12.8 Å². The number of furan rings is 1. The van der Waals surface area contributed by atoms with E-state index in [1.165, 1.54) is 23.5 Å². The second-order valence-electron chi connectivity index (χ2n) is 6.45. The molecule has 1 aromatic carbocycles. The van der Waals surface area contributed by atoms with E-state index in [1.807, 2.05) is 18.2 Å². The fourth-order valence-electron chi connectivity index (χ4n) is 3.00. The zero-order chi connectivity index (χ0) is 20.2. The molecule has 0 spiro atoms. The van der Waals surface area contributed by atoms with E-state index in [2.05, 4.69) is 27.8 Å². The second-order valence-corrected chi connectivity index (χ2v) is 8.17. The van der Waals surface area contributed by atoms with Gasteiger partial charge in [-0.05, 0) is 24.5 Å². The molecule has 0 radical (unpaired) electrons. The summed E-state index contributed by atoms with van der Waals surface area (Å²) >= 11 is 6.16. The molecule has 6 nitrogen and oxygen atoms in total. The molecule has 0 saturated carbocycles. The van der Waals surface area contributed by atoms with E-state index in [0.717, 1.165) is 12.8 Å². The first-order valence-electron chi connectivity index (χ1n) is 9.05. The maximum absolute atomic E-state index is 12.6. The van der Waals surface area contributed by atoms with Crippen LogP contribution >= 0.6 is 24.0 Å². The van der Waals surface area contributed by atoms with Crippen LogP contribution in [0.1, 0.15) is 28.1 Å². The highest BCUT2D eigenvalue weighted by molar-refractivity contribution is 8.26. The van der Waals surface area contributed by atoms with E-state index in [-0.39, 0.29) is 11.8 Å². The lowest BCUT2D eigenvalue weighted by molar-refractivity contribution is -0.115. The molecule has 146 valence electrons. The monoisotopic (exact) mass is 423 g/mol. The fraction of sp³-hybridized carbons (Fsp3) is 0.143. The highest BCUT2D eigenvalue weighted by Crippen LogP contribution is 2.29. The normalized spacial score (nSPS) is 15.1. The minimum absolute atomic E-state index is 0.237. The molecule has 1 fully saturated rings. The minimum atomic E-state index is -0.255. The molecule has 3 aromatic rings. The Morgan fingerprint density at radius 3 is 2.86 bits per heavy atom. The Morgan fingerprint density at radius 1 is 1.28 bits per heavy atom. The zero-order valence-electron chi connectivity index (χ0n) is 15.3. The Bertz CT molecular complexity index is 1120. The van der Waals surface area contributed by atoms with Gasteiger partial charge in [0.25, 0.3) is 11.8 Å². The molecule has 2 amide bonds. The number of thiocarbonyl (C=S) groups is 1. The van der Waals surface area contributed by atoms with Gasteiger partial charge in [-0.25, -0.2) is 0 Å². The van der Waals surface area contributed by atoms with Gasteiger partial charge in [-0.2, -0.15) is 0 Å². The lowest BCUT2D eigenvalue weighted by Crippen LogP contribution is -2.25. The number of hydrogen-bond donors (Lipinski definition) is 2. The molecule has 4 rings (SSSR count). The summed E-state index contributed by atoms with van der Waals surface area (Å²) < 4.78 is 6.24. The van der Waals surface area contributed by atoms with Crippen molar-refractivity contribution < 1.29 is 14.0 Å². The molecule has 29 heavy (non-hydrogen) atoms. The first kappa shape index (κ1) is 19.4. The quantitative estimate of drug-likeness (QED) is 0.357. The first-order valence-corrected chi connectivity index (χ1v) is 10.3. The number of aryl methyl sites for hydroxylation is 1. The second kappa shape index (κ2) is 8.59. The molecule has 0 unspecified atom stereocenters. The molecule has 1 saturated heterocycles. The van der Waals surface area contributed by atoms with Crippen molar-refractivity contribution in [2.75, 3.05) is 6.54 Å². The molecule has 0 atom stereocenters. The van der Waals surface area contributed by atoms with Gasteiger partial charge in [0.1, 0.15) is 15.6 Å². The van der Waals surface area contributed by atoms with Crippen LogP contribution in [0.4, 0.5) is 0 Å². The summed E-state index contributed by atoms with van der Waals surface area (Å²) in [7, 11) is 0. The average Bonchev–Trinajstić information content (AvgIpc) is 3.27. The summed E-state index contributed by atoms with van der Waals surface area (Å²) in [6.45, 7) is 0.552. The van der Waals surface area contributed by atoms with E-state index >= 15 is 0 Å². The maximum atomic E-state index is 12.6. The minimum Gasteiger partial charge on any atom is -0.456 e. The van der Waals surface area contributed by atoms with Gasteiger partial charge in [0, 0.05) is 30.4 Å². The Balaban J connectivity index is 1.45. The summed E-state index contributed by atoms with van der Waals surface area (Å²) in [6, 6.07) is 11.9. The topological polar surface area (TPSA) is 84.2 Å². The molecule has 1 aliphatic heterocycles. The van der Waals surface area contributed by atoms with Gasteiger partial charge in [-0.1, -0.05) is 54.3 Å². The Labute approximate surface area is 176 Å². The van der Waals surface area contributed by atoms with Crippen LogP contribution in [0, 0.1) is 0 Å². The van der Waals surface area contributed by atoms with Gasteiger partial charge in [0.05, 0.1) is 4.91 Å². The van der Waals surface area contributed by atoms with Crippen LogP contribution in [-0.2, 0) is 11.2 Å². The number of aromatic nitrogens is 1. The number of benzene rings is 1. The van der Waals surface area contributed by atoms with Crippen molar-refractivity contribution in [3.8, 4) is 0 Å². The van der Waals surface area contributed by atoms with E-state index in [9.17, 15) is 9.59 Å². The molecule has 3 heterocycles.